The third-order valence-electron chi connectivity index (χ3n) is 4.99. The van der Waals surface area contributed by atoms with Crippen molar-refractivity contribution in [3.05, 3.63) is 35.9 Å². The minimum Gasteiger partial charge on any atom is -0.486 e. The molecule has 0 spiro atoms. The lowest BCUT2D eigenvalue weighted by atomic mass is 9.88. The van der Waals surface area contributed by atoms with Crippen LogP contribution in [-0.4, -0.2) is 68.2 Å². The molecule has 2 bridgehead atoms. The Balaban J connectivity index is 1.76. The molecule has 3 aliphatic rings. The summed E-state index contributed by atoms with van der Waals surface area (Å²) >= 11 is 0. The molecule has 1 aromatic carbocycles. The molecule has 1 aliphatic carbocycles. The highest BCUT2D eigenvalue weighted by Crippen LogP contribution is 2.36. The van der Waals surface area contributed by atoms with Crippen LogP contribution >= 0.6 is 0 Å². The molecule has 2 heterocycles. The summed E-state index contributed by atoms with van der Waals surface area (Å²) in [6, 6.07) is 5.00. The summed E-state index contributed by atoms with van der Waals surface area (Å²) in [7, 11) is 1.34. The van der Waals surface area contributed by atoms with Crippen LogP contribution in [0.3, 0.4) is 0 Å². The molecule has 0 atom stereocenters. The van der Waals surface area contributed by atoms with Gasteiger partial charge in [-0.05, 0) is 45.0 Å². The first kappa shape index (κ1) is 22.9. The number of fused-ring (bicyclic) bond motifs is 7. The summed E-state index contributed by atoms with van der Waals surface area (Å²) < 4.78 is 27.9. The van der Waals surface area contributed by atoms with Crippen molar-refractivity contribution in [1.29, 1.82) is 0 Å². The summed E-state index contributed by atoms with van der Waals surface area (Å²) in [5.41, 5.74) is -0.178. The summed E-state index contributed by atoms with van der Waals surface area (Å²) in [4.78, 5) is 26.3. The highest BCUT2D eigenvalue weighted by Gasteiger charge is 2.39. The molecule has 0 aromatic heterocycles. The van der Waals surface area contributed by atoms with Gasteiger partial charge in [0, 0.05) is 25.4 Å². The van der Waals surface area contributed by atoms with Gasteiger partial charge in [0.15, 0.2) is 11.5 Å². The lowest BCUT2D eigenvalue weighted by Crippen LogP contribution is -2.53. The van der Waals surface area contributed by atoms with Gasteiger partial charge in [0.2, 0.25) is 0 Å². The zero-order valence-corrected chi connectivity index (χ0v) is 18.6. The average molecular weight is 434 g/mol. The number of esters is 1. The van der Waals surface area contributed by atoms with Gasteiger partial charge in [-0.15, -0.1) is 0 Å². The largest absolute Gasteiger partial charge is 0.486 e. The van der Waals surface area contributed by atoms with Crippen molar-refractivity contribution in [1.82, 2.24) is 4.90 Å². The Hall–Kier alpha value is -2.74. The fraction of sp³-hybridized carbons (Fsp3) is 0.565. The Kier molecular flexibility index (Phi) is 7.43. The molecule has 1 aromatic rings. The fourth-order valence-electron chi connectivity index (χ4n) is 3.36. The normalized spacial score (nSPS) is 22.9. The maximum atomic E-state index is 12.7. The Morgan fingerprint density at radius 1 is 1.10 bits per heavy atom. The van der Waals surface area contributed by atoms with Crippen LogP contribution in [0.15, 0.2) is 30.4 Å². The molecule has 0 saturated heterocycles. The van der Waals surface area contributed by atoms with E-state index in [4.69, 9.17) is 23.7 Å². The van der Waals surface area contributed by atoms with Gasteiger partial charge in [-0.1, -0.05) is 6.08 Å². The summed E-state index contributed by atoms with van der Waals surface area (Å²) in [5, 5.41) is 0. The van der Waals surface area contributed by atoms with Gasteiger partial charge >= 0.3 is 12.1 Å². The second-order valence-electron chi connectivity index (χ2n) is 8.55. The van der Waals surface area contributed by atoms with Crippen molar-refractivity contribution in [2.45, 2.75) is 51.4 Å². The summed E-state index contributed by atoms with van der Waals surface area (Å²) in [6.45, 7) is 7.14. The van der Waals surface area contributed by atoms with Crippen LogP contribution in [0, 0.1) is 0 Å². The molecule has 8 heteroatoms. The molecule has 1 amide bonds. The highest BCUT2D eigenvalue weighted by atomic mass is 16.6. The number of hydrogen-bond acceptors (Lipinski definition) is 7. The molecule has 8 nitrogen and oxygen atoms in total. The minimum atomic E-state index is -0.565. The predicted octanol–water partition coefficient (Wildman–Crippen LogP) is 3.59. The molecule has 4 rings (SSSR count). The van der Waals surface area contributed by atoms with E-state index >= 15 is 0 Å². The molecule has 0 radical (unpaired) electrons. The topological polar surface area (TPSA) is 83.5 Å². The maximum Gasteiger partial charge on any atom is 0.410 e. The first-order chi connectivity index (χ1) is 14.8. The standard InChI is InChI=1S/C23H31NO7/c1-23(2,3)31-22(26)24-9-12-28-10-5-6-11-29-20-13-16(21(25)27-4)7-8-19(20)30-18-14-17(24)15-18/h5-8,13,17-18H,9-12,14-15H2,1-4H3/b6-5+/t17-,18-. The highest BCUT2D eigenvalue weighted by molar-refractivity contribution is 5.90. The summed E-state index contributed by atoms with van der Waals surface area (Å²) in [5.74, 6) is 0.582. The quantitative estimate of drug-likeness (QED) is 0.494. The van der Waals surface area contributed by atoms with E-state index in [0.29, 0.717) is 56.3 Å². The predicted molar refractivity (Wildman–Crippen MR) is 114 cm³/mol. The van der Waals surface area contributed by atoms with Crippen LogP contribution in [0.2, 0.25) is 0 Å². The van der Waals surface area contributed by atoms with Crippen molar-refractivity contribution in [3.63, 3.8) is 0 Å². The maximum absolute atomic E-state index is 12.7. The molecule has 170 valence electrons. The summed E-state index contributed by atoms with van der Waals surface area (Å²) in [6.07, 6.45) is 4.63. The number of carbonyl (C=O) groups is 2. The first-order valence-corrected chi connectivity index (χ1v) is 10.5. The zero-order valence-electron chi connectivity index (χ0n) is 18.6. The van der Waals surface area contributed by atoms with Crippen LogP contribution in [-0.2, 0) is 14.2 Å². The lowest BCUT2D eigenvalue weighted by molar-refractivity contribution is -0.0248. The van der Waals surface area contributed by atoms with Crippen molar-refractivity contribution < 1.29 is 33.3 Å². The van der Waals surface area contributed by atoms with Crippen LogP contribution in [0.1, 0.15) is 44.0 Å². The van der Waals surface area contributed by atoms with Crippen molar-refractivity contribution >= 4 is 12.1 Å². The first-order valence-electron chi connectivity index (χ1n) is 10.5. The lowest BCUT2D eigenvalue weighted by Gasteiger charge is -2.42. The molecule has 1 saturated carbocycles. The van der Waals surface area contributed by atoms with Crippen LogP contribution in [0.5, 0.6) is 11.5 Å². The number of nitrogens with zero attached hydrogens (tertiary/aromatic N) is 1. The zero-order chi connectivity index (χ0) is 22.4. The van der Waals surface area contributed by atoms with Crippen LogP contribution in [0.25, 0.3) is 0 Å². The number of hydrogen-bond donors (Lipinski definition) is 0. The molecule has 0 unspecified atom stereocenters. The van der Waals surface area contributed by atoms with E-state index in [0.717, 1.165) is 0 Å². The van der Waals surface area contributed by atoms with Crippen molar-refractivity contribution in [3.8, 4) is 11.5 Å². The van der Waals surface area contributed by atoms with Crippen LogP contribution in [0.4, 0.5) is 4.79 Å². The van der Waals surface area contributed by atoms with Crippen LogP contribution < -0.4 is 9.47 Å². The minimum absolute atomic E-state index is 0.0165. The molecular formula is C23H31NO7. The number of methoxy groups -OCH3 is 1. The molecular weight excluding hydrogens is 402 g/mol. The molecule has 31 heavy (non-hydrogen) atoms. The van der Waals surface area contributed by atoms with Crippen molar-refractivity contribution in [2.75, 3.05) is 33.5 Å². The van der Waals surface area contributed by atoms with E-state index in [-0.39, 0.29) is 18.2 Å². The Labute approximate surface area is 183 Å². The van der Waals surface area contributed by atoms with Gasteiger partial charge in [0.25, 0.3) is 0 Å². The fourth-order valence-corrected chi connectivity index (χ4v) is 3.36. The number of ether oxygens (including phenoxy) is 5. The SMILES string of the molecule is COC(=O)c1ccc2c(c1)OC/C=C/COCCN(C(=O)OC(C)(C)C)[C@H]1C[C@@H](C1)O2. The Morgan fingerprint density at radius 2 is 1.84 bits per heavy atom. The second-order valence-corrected chi connectivity index (χ2v) is 8.55. The monoisotopic (exact) mass is 433 g/mol. The van der Waals surface area contributed by atoms with Gasteiger partial charge < -0.3 is 28.6 Å². The van der Waals surface area contributed by atoms with E-state index in [1.165, 1.54) is 7.11 Å². The number of amides is 1. The number of rotatable bonds is 1. The van der Waals surface area contributed by atoms with E-state index in [2.05, 4.69) is 0 Å². The second kappa shape index (κ2) is 10.0. The third kappa shape index (κ3) is 6.37. The van der Waals surface area contributed by atoms with Gasteiger partial charge in [-0.3, -0.25) is 0 Å². The number of benzene rings is 1. The Morgan fingerprint density at radius 3 is 2.55 bits per heavy atom. The third-order valence-corrected chi connectivity index (χ3v) is 4.99. The van der Waals surface area contributed by atoms with E-state index in [1.807, 2.05) is 32.9 Å². The van der Waals surface area contributed by atoms with Crippen molar-refractivity contribution in [2.24, 2.45) is 0 Å². The smallest absolute Gasteiger partial charge is 0.410 e. The molecule has 2 aliphatic heterocycles. The Bertz CT molecular complexity index is 809. The molecule has 0 N–H and O–H groups in total. The van der Waals surface area contributed by atoms with Gasteiger partial charge in [-0.25, -0.2) is 9.59 Å². The van der Waals surface area contributed by atoms with Gasteiger partial charge in [0.05, 0.1) is 25.9 Å². The molecule has 1 fully saturated rings. The average Bonchev–Trinajstić information content (AvgIpc) is 2.69. The number of carbonyl (C=O) groups excluding carboxylic acids is 2. The van der Waals surface area contributed by atoms with Gasteiger partial charge in [0.1, 0.15) is 18.3 Å². The van der Waals surface area contributed by atoms with E-state index < -0.39 is 11.6 Å². The van der Waals surface area contributed by atoms with Gasteiger partial charge in [-0.2, -0.15) is 0 Å². The van der Waals surface area contributed by atoms with E-state index in [1.54, 1.807) is 23.1 Å². The van der Waals surface area contributed by atoms with E-state index in [9.17, 15) is 9.59 Å².